The van der Waals surface area contributed by atoms with Crippen LogP contribution in [0.3, 0.4) is 0 Å². The van der Waals surface area contributed by atoms with Crippen LogP contribution in [0.4, 0.5) is 0 Å². The molecule has 1 unspecified atom stereocenters. The fourth-order valence-electron chi connectivity index (χ4n) is 3.62. The highest BCUT2D eigenvalue weighted by Crippen LogP contribution is 2.69. The minimum absolute atomic E-state index is 0.157. The lowest BCUT2D eigenvalue weighted by atomic mass is 9.65. The topological polar surface area (TPSA) is 20.2 Å². The predicted octanol–water partition coefficient (Wildman–Crippen LogP) is 2.58. The molecule has 0 radical (unpaired) electrons. The largest absolute Gasteiger partial charge is 0.390 e. The first-order chi connectivity index (χ1) is 5.31. The van der Waals surface area contributed by atoms with Gasteiger partial charge in [-0.3, -0.25) is 0 Å². The molecule has 3 atom stereocenters. The third-order valence-electron chi connectivity index (χ3n) is 5.27. The van der Waals surface area contributed by atoms with Crippen LogP contribution >= 0.6 is 0 Å². The van der Waals surface area contributed by atoms with Gasteiger partial charge in [0.25, 0.3) is 0 Å². The van der Waals surface area contributed by atoms with Gasteiger partial charge in [-0.25, -0.2) is 0 Å². The molecule has 0 aromatic carbocycles. The van der Waals surface area contributed by atoms with Crippen molar-refractivity contribution in [1.82, 2.24) is 0 Å². The molecular weight excluding hydrogens is 148 g/mol. The molecule has 2 aliphatic rings. The molecule has 12 heavy (non-hydrogen) atoms. The Kier molecular flexibility index (Phi) is 1.35. The van der Waals surface area contributed by atoms with Crippen LogP contribution < -0.4 is 0 Å². The third kappa shape index (κ3) is 0.654. The summed E-state index contributed by atoms with van der Waals surface area (Å²) in [6, 6.07) is 0. The van der Waals surface area contributed by atoms with Gasteiger partial charge in [-0.2, -0.15) is 0 Å². The second-order valence-corrected chi connectivity index (χ2v) is 5.77. The van der Waals surface area contributed by atoms with Crippen LogP contribution in [0.15, 0.2) is 0 Å². The molecule has 0 saturated heterocycles. The van der Waals surface area contributed by atoms with E-state index in [4.69, 9.17) is 0 Å². The molecule has 0 aromatic heterocycles. The van der Waals surface area contributed by atoms with E-state index in [0.29, 0.717) is 5.41 Å². The van der Waals surface area contributed by atoms with Gasteiger partial charge in [0.2, 0.25) is 0 Å². The summed E-state index contributed by atoms with van der Waals surface area (Å²) in [6.45, 7) is 8.94. The summed E-state index contributed by atoms with van der Waals surface area (Å²) < 4.78 is 0. The highest BCUT2D eigenvalue weighted by molar-refractivity contribution is 5.16. The summed E-state index contributed by atoms with van der Waals surface area (Å²) in [6.07, 6.45) is 3.54. The number of fused-ring (bicyclic) bond motifs is 2. The minimum Gasteiger partial charge on any atom is -0.390 e. The SMILES string of the molecule is CC1(O)C[C@@H]2CC[C@@]1(C)C2(C)C. The Hall–Kier alpha value is -0.0400. The minimum atomic E-state index is -0.417. The zero-order chi connectivity index (χ0) is 9.20. The Morgan fingerprint density at radius 1 is 1.17 bits per heavy atom. The molecular formula is C11H20O. The maximum absolute atomic E-state index is 10.3. The average Bonchev–Trinajstić information content (AvgIpc) is 2.18. The number of hydrogen-bond acceptors (Lipinski definition) is 1. The van der Waals surface area contributed by atoms with Crippen molar-refractivity contribution < 1.29 is 5.11 Å². The van der Waals surface area contributed by atoms with Crippen LogP contribution in [0.1, 0.15) is 47.0 Å². The fourth-order valence-corrected chi connectivity index (χ4v) is 3.62. The van der Waals surface area contributed by atoms with E-state index in [0.717, 1.165) is 12.3 Å². The molecule has 2 bridgehead atoms. The van der Waals surface area contributed by atoms with Crippen LogP contribution in [-0.4, -0.2) is 10.7 Å². The van der Waals surface area contributed by atoms with E-state index < -0.39 is 5.60 Å². The lowest BCUT2D eigenvalue weighted by Gasteiger charge is -2.43. The van der Waals surface area contributed by atoms with E-state index in [2.05, 4.69) is 20.8 Å². The Morgan fingerprint density at radius 3 is 1.92 bits per heavy atom. The van der Waals surface area contributed by atoms with Crippen LogP contribution in [0, 0.1) is 16.7 Å². The molecule has 0 amide bonds. The quantitative estimate of drug-likeness (QED) is 0.589. The second-order valence-electron chi connectivity index (χ2n) is 5.77. The smallest absolute Gasteiger partial charge is 0.0681 e. The molecule has 70 valence electrons. The first-order valence-corrected chi connectivity index (χ1v) is 5.04. The van der Waals surface area contributed by atoms with Gasteiger partial charge in [-0.05, 0) is 37.5 Å². The van der Waals surface area contributed by atoms with Gasteiger partial charge in [0.05, 0.1) is 5.60 Å². The van der Waals surface area contributed by atoms with Crippen molar-refractivity contribution in [2.45, 2.75) is 52.6 Å². The van der Waals surface area contributed by atoms with Crippen molar-refractivity contribution in [2.24, 2.45) is 16.7 Å². The van der Waals surface area contributed by atoms with Crippen molar-refractivity contribution >= 4 is 0 Å². The van der Waals surface area contributed by atoms with E-state index in [1.807, 2.05) is 6.92 Å². The molecule has 0 spiro atoms. The highest BCUT2D eigenvalue weighted by Gasteiger charge is 2.66. The van der Waals surface area contributed by atoms with Gasteiger partial charge in [0.1, 0.15) is 0 Å². The van der Waals surface area contributed by atoms with Crippen LogP contribution in [-0.2, 0) is 0 Å². The summed E-state index contributed by atoms with van der Waals surface area (Å²) in [5, 5.41) is 10.3. The maximum atomic E-state index is 10.3. The lowest BCUT2D eigenvalue weighted by molar-refractivity contribution is -0.0745. The lowest BCUT2D eigenvalue weighted by Crippen LogP contribution is -2.44. The van der Waals surface area contributed by atoms with Crippen molar-refractivity contribution in [3.05, 3.63) is 0 Å². The van der Waals surface area contributed by atoms with Crippen molar-refractivity contribution in [1.29, 1.82) is 0 Å². The Morgan fingerprint density at radius 2 is 1.75 bits per heavy atom. The summed E-state index contributed by atoms with van der Waals surface area (Å²) >= 11 is 0. The predicted molar refractivity (Wildman–Crippen MR) is 49.9 cm³/mol. The standard InChI is InChI=1S/C11H20O/c1-9(2)8-5-6-10(9,3)11(4,12)7-8/h8,12H,5-7H2,1-4H3/t8-,10-,11?/m0/s1. The number of aliphatic hydroxyl groups is 1. The Bertz CT molecular complexity index is 217. The van der Waals surface area contributed by atoms with Crippen LogP contribution in [0.25, 0.3) is 0 Å². The average molecular weight is 168 g/mol. The second kappa shape index (κ2) is 1.89. The Labute approximate surface area is 75.2 Å². The van der Waals surface area contributed by atoms with E-state index in [9.17, 15) is 5.11 Å². The maximum Gasteiger partial charge on any atom is 0.0681 e. The van der Waals surface area contributed by atoms with Gasteiger partial charge < -0.3 is 5.11 Å². The fraction of sp³-hybridized carbons (Fsp3) is 1.00. The molecule has 1 heteroatoms. The molecule has 2 fully saturated rings. The molecule has 0 aromatic rings. The van der Waals surface area contributed by atoms with Gasteiger partial charge >= 0.3 is 0 Å². The molecule has 0 heterocycles. The van der Waals surface area contributed by atoms with Crippen molar-refractivity contribution in [3.63, 3.8) is 0 Å². The van der Waals surface area contributed by atoms with Gasteiger partial charge in [0.15, 0.2) is 0 Å². The zero-order valence-corrected chi connectivity index (χ0v) is 8.65. The molecule has 0 aliphatic heterocycles. The molecule has 2 rings (SSSR count). The summed E-state index contributed by atoms with van der Waals surface area (Å²) in [5.74, 6) is 0.748. The van der Waals surface area contributed by atoms with E-state index >= 15 is 0 Å². The first kappa shape index (κ1) is 8.55. The van der Waals surface area contributed by atoms with Crippen LogP contribution in [0.5, 0.6) is 0 Å². The van der Waals surface area contributed by atoms with Gasteiger partial charge in [0, 0.05) is 5.41 Å². The van der Waals surface area contributed by atoms with E-state index in [1.165, 1.54) is 12.8 Å². The van der Waals surface area contributed by atoms with E-state index in [1.54, 1.807) is 0 Å². The molecule has 2 saturated carbocycles. The Balaban J connectivity index is 2.47. The van der Waals surface area contributed by atoms with Crippen LogP contribution in [0.2, 0.25) is 0 Å². The highest BCUT2D eigenvalue weighted by atomic mass is 16.3. The zero-order valence-electron chi connectivity index (χ0n) is 8.65. The van der Waals surface area contributed by atoms with Gasteiger partial charge in [-0.15, -0.1) is 0 Å². The summed E-state index contributed by atoms with van der Waals surface area (Å²) in [5.41, 5.74) is 0.0839. The monoisotopic (exact) mass is 168 g/mol. The first-order valence-electron chi connectivity index (χ1n) is 5.04. The third-order valence-corrected chi connectivity index (χ3v) is 5.27. The number of rotatable bonds is 0. The van der Waals surface area contributed by atoms with Crippen molar-refractivity contribution in [3.8, 4) is 0 Å². The molecule has 1 nitrogen and oxygen atoms in total. The number of hydrogen-bond donors (Lipinski definition) is 1. The molecule has 2 aliphatic carbocycles. The summed E-state index contributed by atoms with van der Waals surface area (Å²) in [4.78, 5) is 0. The van der Waals surface area contributed by atoms with Gasteiger partial charge in [-0.1, -0.05) is 20.8 Å². The van der Waals surface area contributed by atoms with Crippen molar-refractivity contribution in [2.75, 3.05) is 0 Å². The molecule has 1 N–H and O–H groups in total. The summed E-state index contributed by atoms with van der Waals surface area (Å²) in [7, 11) is 0. The normalized spacial score (nSPS) is 56.2. The van der Waals surface area contributed by atoms with E-state index in [-0.39, 0.29) is 5.41 Å².